The van der Waals surface area contributed by atoms with Gasteiger partial charge in [0.2, 0.25) is 0 Å². The molecule has 0 aromatic heterocycles. The Hall–Kier alpha value is -0.620. The van der Waals surface area contributed by atoms with E-state index in [-0.39, 0.29) is 23.5 Å². The Labute approximate surface area is 104 Å². The van der Waals surface area contributed by atoms with Crippen LogP contribution in [0, 0.1) is 5.92 Å². The largest absolute Gasteiger partial charge is 0.480 e. The van der Waals surface area contributed by atoms with E-state index in [0.29, 0.717) is 6.42 Å². The second-order valence-electron chi connectivity index (χ2n) is 4.79. The average Bonchev–Trinajstić information content (AvgIpc) is 2.15. The van der Waals surface area contributed by atoms with Crippen molar-refractivity contribution in [3.8, 4) is 0 Å². The van der Waals surface area contributed by atoms with Crippen LogP contribution in [0.1, 0.15) is 34.1 Å². The van der Waals surface area contributed by atoms with Crippen molar-refractivity contribution in [3.63, 3.8) is 0 Å². The van der Waals surface area contributed by atoms with E-state index >= 15 is 0 Å². The van der Waals surface area contributed by atoms with Gasteiger partial charge in [-0.05, 0) is 19.3 Å². The minimum absolute atomic E-state index is 0.0224. The molecule has 0 aromatic carbocycles. The fourth-order valence-electron chi connectivity index (χ4n) is 1.60. The monoisotopic (exact) mass is 265 g/mol. The molecule has 2 atom stereocenters. The minimum atomic E-state index is -3.07. The van der Waals surface area contributed by atoms with Gasteiger partial charge in [0.1, 0.15) is 6.04 Å². The molecule has 0 heterocycles. The van der Waals surface area contributed by atoms with Gasteiger partial charge in [-0.2, -0.15) is 0 Å². The van der Waals surface area contributed by atoms with E-state index in [4.69, 9.17) is 5.11 Å². The number of carbonyl (C=O) groups is 1. The maximum absolute atomic E-state index is 11.4. The standard InChI is InChI=1S/C11H23NO4S/c1-5-17(15,16)7-9(4)12-10(11(13)14)6-8(2)3/h8-10,12H,5-7H2,1-4H3,(H,13,14). The van der Waals surface area contributed by atoms with Crippen LogP contribution in [0.25, 0.3) is 0 Å². The molecule has 0 saturated heterocycles. The lowest BCUT2D eigenvalue weighted by Gasteiger charge is -2.21. The highest BCUT2D eigenvalue weighted by molar-refractivity contribution is 7.91. The molecule has 5 nitrogen and oxygen atoms in total. The van der Waals surface area contributed by atoms with E-state index in [1.807, 2.05) is 13.8 Å². The predicted octanol–water partition coefficient (Wildman–Crippen LogP) is 0.898. The highest BCUT2D eigenvalue weighted by Crippen LogP contribution is 2.06. The summed E-state index contributed by atoms with van der Waals surface area (Å²) >= 11 is 0. The van der Waals surface area contributed by atoms with Crippen LogP contribution in [-0.2, 0) is 14.6 Å². The van der Waals surface area contributed by atoms with Crippen molar-refractivity contribution in [1.82, 2.24) is 5.32 Å². The number of hydrogen-bond donors (Lipinski definition) is 2. The Morgan fingerprint density at radius 1 is 1.29 bits per heavy atom. The molecule has 2 unspecified atom stereocenters. The highest BCUT2D eigenvalue weighted by Gasteiger charge is 2.22. The highest BCUT2D eigenvalue weighted by atomic mass is 32.2. The molecule has 0 aliphatic rings. The number of nitrogens with one attached hydrogen (secondary N) is 1. The van der Waals surface area contributed by atoms with Gasteiger partial charge >= 0.3 is 5.97 Å². The summed E-state index contributed by atoms with van der Waals surface area (Å²) in [6.45, 7) is 7.16. The number of sulfone groups is 1. The van der Waals surface area contributed by atoms with E-state index in [0.717, 1.165) is 0 Å². The van der Waals surface area contributed by atoms with Crippen LogP contribution in [-0.4, -0.2) is 43.1 Å². The molecule has 0 saturated carbocycles. The summed E-state index contributed by atoms with van der Waals surface area (Å²) in [4.78, 5) is 11.0. The van der Waals surface area contributed by atoms with Crippen molar-refractivity contribution < 1.29 is 18.3 Å². The lowest BCUT2D eigenvalue weighted by atomic mass is 10.0. The van der Waals surface area contributed by atoms with Gasteiger partial charge in [-0.15, -0.1) is 0 Å². The third-order valence-corrected chi connectivity index (χ3v) is 4.32. The Morgan fingerprint density at radius 2 is 1.82 bits per heavy atom. The first kappa shape index (κ1) is 16.4. The van der Waals surface area contributed by atoms with Crippen molar-refractivity contribution in [3.05, 3.63) is 0 Å². The van der Waals surface area contributed by atoms with Crippen LogP contribution in [0.4, 0.5) is 0 Å². The molecule has 0 spiro atoms. The van der Waals surface area contributed by atoms with Gasteiger partial charge in [-0.3, -0.25) is 4.79 Å². The van der Waals surface area contributed by atoms with E-state index < -0.39 is 21.8 Å². The summed E-state index contributed by atoms with van der Waals surface area (Å²) in [5.74, 6) is -0.621. The quantitative estimate of drug-likeness (QED) is 0.681. The average molecular weight is 265 g/mol. The Bertz CT molecular complexity index is 337. The SMILES string of the molecule is CCS(=O)(=O)CC(C)NC(CC(C)C)C(=O)O. The number of rotatable bonds is 8. The molecular formula is C11H23NO4S. The summed E-state index contributed by atoms with van der Waals surface area (Å²) in [5, 5.41) is 11.9. The zero-order valence-corrected chi connectivity index (χ0v) is 11.8. The van der Waals surface area contributed by atoms with Gasteiger partial charge < -0.3 is 10.4 Å². The molecule has 6 heteroatoms. The van der Waals surface area contributed by atoms with Gasteiger partial charge in [0.15, 0.2) is 9.84 Å². The normalized spacial score (nSPS) is 15.8. The van der Waals surface area contributed by atoms with Gasteiger partial charge in [0.05, 0.1) is 5.75 Å². The van der Waals surface area contributed by atoms with Gasteiger partial charge in [0.25, 0.3) is 0 Å². The van der Waals surface area contributed by atoms with Gasteiger partial charge in [-0.1, -0.05) is 20.8 Å². The van der Waals surface area contributed by atoms with Gasteiger partial charge in [-0.25, -0.2) is 8.42 Å². The van der Waals surface area contributed by atoms with Crippen molar-refractivity contribution in [2.24, 2.45) is 5.92 Å². The molecule has 0 aliphatic heterocycles. The number of carboxylic acid groups (broad SMARTS) is 1. The van der Waals surface area contributed by atoms with Crippen molar-refractivity contribution >= 4 is 15.8 Å². The molecule has 0 bridgehead atoms. The zero-order chi connectivity index (χ0) is 13.6. The van der Waals surface area contributed by atoms with Crippen LogP contribution in [0.15, 0.2) is 0 Å². The smallest absolute Gasteiger partial charge is 0.320 e. The molecule has 0 rings (SSSR count). The number of carboxylic acids is 1. The molecule has 0 radical (unpaired) electrons. The van der Waals surface area contributed by atoms with Crippen LogP contribution in [0.3, 0.4) is 0 Å². The molecule has 17 heavy (non-hydrogen) atoms. The molecule has 0 fully saturated rings. The van der Waals surface area contributed by atoms with E-state index in [2.05, 4.69) is 5.32 Å². The minimum Gasteiger partial charge on any atom is -0.480 e. The molecule has 2 N–H and O–H groups in total. The van der Waals surface area contributed by atoms with E-state index in [9.17, 15) is 13.2 Å². The maximum Gasteiger partial charge on any atom is 0.320 e. The predicted molar refractivity (Wildman–Crippen MR) is 67.8 cm³/mol. The second-order valence-corrected chi connectivity index (χ2v) is 7.18. The summed E-state index contributed by atoms with van der Waals surface area (Å²) in [7, 11) is -3.07. The Morgan fingerprint density at radius 3 is 2.18 bits per heavy atom. The van der Waals surface area contributed by atoms with Crippen molar-refractivity contribution in [1.29, 1.82) is 0 Å². The summed E-state index contributed by atoms with van der Waals surface area (Å²) in [6, 6.07) is -1.03. The van der Waals surface area contributed by atoms with Crippen LogP contribution in [0.5, 0.6) is 0 Å². The third kappa shape index (κ3) is 7.33. The molecule has 0 aliphatic carbocycles. The molecular weight excluding hydrogens is 242 g/mol. The third-order valence-electron chi connectivity index (χ3n) is 2.43. The van der Waals surface area contributed by atoms with Crippen LogP contribution in [0.2, 0.25) is 0 Å². The van der Waals surface area contributed by atoms with E-state index in [1.165, 1.54) is 0 Å². The van der Waals surface area contributed by atoms with Crippen molar-refractivity contribution in [2.75, 3.05) is 11.5 Å². The van der Waals surface area contributed by atoms with E-state index in [1.54, 1.807) is 13.8 Å². The molecule has 102 valence electrons. The first-order valence-corrected chi connectivity index (χ1v) is 7.69. The topological polar surface area (TPSA) is 83.5 Å². The van der Waals surface area contributed by atoms with Crippen molar-refractivity contribution in [2.45, 2.75) is 46.2 Å². The van der Waals surface area contributed by atoms with Crippen LogP contribution >= 0.6 is 0 Å². The van der Waals surface area contributed by atoms with Gasteiger partial charge in [0, 0.05) is 11.8 Å². The Balaban J connectivity index is 4.41. The number of aliphatic carboxylic acids is 1. The molecule has 0 amide bonds. The summed E-state index contributed by atoms with van der Waals surface area (Å²) in [6.07, 6.45) is 0.492. The lowest BCUT2D eigenvalue weighted by Crippen LogP contribution is -2.45. The second kappa shape index (κ2) is 6.96. The van der Waals surface area contributed by atoms with Crippen LogP contribution < -0.4 is 5.32 Å². The fourth-order valence-corrected chi connectivity index (χ4v) is 2.70. The fraction of sp³-hybridized carbons (Fsp3) is 0.909. The maximum atomic E-state index is 11.4. The zero-order valence-electron chi connectivity index (χ0n) is 10.9. The summed E-state index contributed by atoms with van der Waals surface area (Å²) < 4.78 is 22.8. The Kier molecular flexibility index (Phi) is 6.70. The molecule has 0 aromatic rings. The lowest BCUT2D eigenvalue weighted by molar-refractivity contribution is -0.140. The first-order chi connectivity index (χ1) is 7.68. The first-order valence-electron chi connectivity index (χ1n) is 5.87. The summed E-state index contributed by atoms with van der Waals surface area (Å²) in [5.41, 5.74) is 0. The number of hydrogen-bond acceptors (Lipinski definition) is 4.